The van der Waals surface area contributed by atoms with Crippen molar-refractivity contribution in [3.63, 3.8) is 0 Å². The second-order valence-electron chi connectivity index (χ2n) is 8.32. The van der Waals surface area contributed by atoms with Crippen molar-refractivity contribution < 1.29 is 9.59 Å². The molecule has 0 atom stereocenters. The first kappa shape index (κ1) is 25.0. The first-order chi connectivity index (χ1) is 16.9. The summed E-state index contributed by atoms with van der Waals surface area (Å²) < 4.78 is 0.953. The van der Waals surface area contributed by atoms with Crippen LogP contribution in [0, 0.1) is 6.92 Å². The molecule has 7 heteroatoms. The number of anilines is 1. The molecule has 0 saturated heterocycles. The monoisotopic (exact) mass is 505 g/mol. The number of hydrogen-bond acceptors (Lipinski definition) is 5. The summed E-state index contributed by atoms with van der Waals surface area (Å²) in [6.45, 7) is 9.26. The molecule has 0 spiro atoms. The predicted molar refractivity (Wildman–Crippen MR) is 145 cm³/mol. The van der Waals surface area contributed by atoms with E-state index in [2.05, 4.69) is 18.7 Å². The average molecular weight is 506 g/mol. The first-order valence-electron chi connectivity index (χ1n) is 11.7. The van der Waals surface area contributed by atoms with Crippen LogP contribution in [-0.2, 0) is 0 Å². The molecule has 0 aliphatic carbocycles. The Morgan fingerprint density at radius 1 is 0.886 bits per heavy atom. The van der Waals surface area contributed by atoms with Crippen LogP contribution in [-0.4, -0.2) is 47.8 Å². The Morgan fingerprint density at radius 3 is 2.17 bits per heavy atom. The number of aromatic nitrogens is 1. The van der Waals surface area contributed by atoms with E-state index < -0.39 is 0 Å². The molecule has 0 bridgehead atoms. The fraction of sp³-hybridized carbons (Fsp3) is 0.250. The molecule has 3 aromatic carbocycles. The van der Waals surface area contributed by atoms with Crippen molar-refractivity contribution >= 4 is 50.0 Å². The van der Waals surface area contributed by atoms with Gasteiger partial charge in [0.2, 0.25) is 0 Å². The van der Waals surface area contributed by atoms with E-state index in [4.69, 9.17) is 16.6 Å². The van der Waals surface area contributed by atoms with Crippen molar-refractivity contribution in [1.29, 1.82) is 0 Å². The number of thiazole rings is 1. The zero-order chi connectivity index (χ0) is 24.9. The van der Waals surface area contributed by atoms with Gasteiger partial charge in [0.15, 0.2) is 10.9 Å². The van der Waals surface area contributed by atoms with Crippen LogP contribution < -0.4 is 4.90 Å². The number of benzene rings is 3. The van der Waals surface area contributed by atoms with E-state index in [1.165, 1.54) is 11.3 Å². The molecule has 0 aliphatic heterocycles. The van der Waals surface area contributed by atoms with Gasteiger partial charge in [0.05, 0.1) is 10.2 Å². The van der Waals surface area contributed by atoms with Gasteiger partial charge in [-0.25, -0.2) is 4.98 Å². The first-order valence-corrected chi connectivity index (χ1v) is 12.9. The van der Waals surface area contributed by atoms with Gasteiger partial charge in [-0.3, -0.25) is 14.5 Å². The summed E-state index contributed by atoms with van der Waals surface area (Å²) in [5.74, 6) is -0.208. The molecule has 0 saturated carbocycles. The summed E-state index contributed by atoms with van der Waals surface area (Å²) in [7, 11) is 0. The number of likely N-dealkylation sites (N-methyl/N-ethyl adjacent to an activating group) is 1. The largest absolute Gasteiger partial charge is 0.302 e. The lowest BCUT2D eigenvalue weighted by Gasteiger charge is -2.24. The number of amides is 1. The normalized spacial score (nSPS) is 11.2. The summed E-state index contributed by atoms with van der Waals surface area (Å²) in [5.41, 5.74) is 3.53. The molecule has 0 unspecified atom stereocenters. The van der Waals surface area contributed by atoms with Crippen molar-refractivity contribution in [1.82, 2.24) is 9.88 Å². The second kappa shape index (κ2) is 11.1. The van der Waals surface area contributed by atoms with Gasteiger partial charge < -0.3 is 4.90 Å². The number of rotatable bonds is 9. The molecule has 0 radical (unpaired) electrons. The zero-order valence-corrected chi connectivity index (χ0v) is 21.7. The zero-order valence-electron chi connectivity index (χ0n) is 20.1. The standard InChI is InChI=1S/C28H28ClN3O2S/c1-4-31(5-2)15-16-32(28-30-25-19(3)17-23(29)18-24(25)35-28)27(34)22-13-11-21(12-14-22)26(33)20-9-7-6-8-10-20/h6-14,17-18H,4-5,15-16H2,1-3H3. The molecular weight excluding hydrogens is 478 g/mol. The fourth-order valence-corrected chi connectivity index (χ4v) is 5.44. The molecule has 180 valence electrons. The summed E-state index contributed by atoms with van der Waals surface area (Å²) in [6.07, 6.45) is 0. The molecule has 35 heavy (non-hydrogen) atoms. The highest BCUT2D eigenvalue weighted by Gasteiger charge is 2.23. The Hall–Kier alpha value is -3.06. The van der Waals surface area contributed by atoms with Crippen molar-refractivity contribution in [3.05, 3.63) is 94.0 Å². The number of hydrogen-bond donors (Lipinski definition) is 0. The number of carbonyl (C=O) groups excluding carboxylic acids is 2. The highest BCUT2D eigenvalue weighted by Crippen LogP contribution is 2.33. The topological polar surface area (TPSA) is 53.5 Å². The molecule has 0 N–H and O–H groups in total. The minimum atomic E-state index is -0.140. The predicted octanol–water partition coefficient (Wildman–Crippen LogP) is 6.48. The third-order valence-electron chi connectivity index (χ3n) is 6.08. The number of fused-ring (bicyclic) bond motifs is 1. The maximum atomic E-state index is 13.7. The third kappa shape index (κ3) is 5.61. The summed E-state index contributed by atoms with van der Waals surface area (Å²) in [6, 6.07) is 19.8. The van der Waals surface area contributed by atoms with E-state index >= 15 is 0 Å². The number of ketones is 1. The van der Waals surface area contributed by atoms with Gasteiger partial charge in [-0.05, 0) is 49.8 Å². The Balaban J connectivity index is 1.64. The Morgan fingerprint density at radius 2 is 1.51 bits per heavy atom. The SMILES string of the molecule is CCN(CC)CCN(C(=O)c1ccc(C(=O)c2ccccc2)cc1)c1nc2c(C)cc(Cl)cc2s1. The molecule has 4 aromatic rings. The number of carbonyl (C=O) groups is 2. The van der Waals surface area contributed by atoms with Gasteiger partial charge in [0.1, 0.15) is 0 Å². The highest BCUT2D eigenvalue weighted by atomic mass is 35.5. The van der Waals surface area contributed by atoms with Gasteiger partial charge in [0.25, 0.3) is 5.91 Å². The Kier molecular flexibility index (Phi) is 7.96. The number of nitrogens with zero attached hydrogens (tertiary/aromatic N) is 3. The van der Waals surface area contributed by atoms with Gasteiger partial charge in [-0.2, -0.15) is 0 Å². The lowest BCUT2D eigenvalue weighted by atomic mass is 10.0. The van der Waals surface area contributed by atoms with E-state index in [0.717, 1.165) is 35.4 Å². The maximum absolute atomic E-state index is 13.7. The number of halogens is 1. The molecule has 0 aliphatic rings. The van der Waals surface area contributed by atoms with Crippen LogP contribution in [0.4, 0.5) is 5.13 Å². The molecular formula is C28H28ClN3O2S. The van der Waals surface area contributed by atoms with Crippen molar-refractivity contribution in [2.45, 2.75) is 20.8 Å². The minimum Gasteiger partial charge on any atom is -0.302 e. The number of aryl methyl sites for hydroxylation is 1. The van der Waals surface area contributed by atoms with Gasteiger partial charge in [0, 0.05) is 34.8 Å². The summed E-state index contributed by atoms with van der Waals surface area (Å²) in [5, 5.41) is 1.30. The fourth-order valence-electron chi connectivity index (χ4n) is 4.00. The van der Waals surface area contributed by atoms with Gasteiger partial charge in [-0.15, -0.1) is 0 Å². The van der Waals surface area contributed by atoms with E-state index in [1.807, 2.05) is 37.3 Å². The van der Waals surface area contributed by atoms with Crippen LogP contribution in [0.3, 0.4) is 0 Å². The van der Waals surface area contributed by atoms with Crippen molar-refractivity contribution in [2.24, 2.45) is 0 Å². The molecule has 0 fully saturated rings. The molecule has 5 nitrogen and oxygen atoms in total. The Bertz CT molecular complexity index is 1330. The lowest BCUT2D eigenvalue weighted by molar-refractivity contribution is 0.0981. The Labute approximate surface area is 215 Å². The van der Waals surface area contributed by atoms with Crippen LogP contribution in [0.15, 0.2) is 66.7 Å². The van der Waals surface area contributed by atoms with E-state index in [-0.39, 0.29) is 11.7 Å². The molecule has 1 amide bonds. The molecule has 1 heterocycles. The second-order valence-corrected chi connectivity index (χ2v) is 9.77. The lowest BCUT2D eigenvalue weighted by Crippen LogP contribution is -2.38. The quantitative estimate of drug-likeness (QED) is 0.244. The van der Waals surface area contributed by atoms with Crippen LogP contribution >= 0.6 is 22.9 Å². The van der Waals surface area contributed by atoms with Crippen molar-refractivity contribution in [3.8, 4) is 0 Å². The highest BCUT2D eigenvalue weighted by molar-refractivity contribution is 7.22. The summed E-state index contributed by atoms with van der Waals surface area (Å²) in [4.78, 5) is 35.3. The van der Waals surface area contributed by atoms with Crippen molar-refractivity contribution in [2.75, 3.05) is 31.1 Å². The average Bonchev–Trinajstić information content (AvgIpc) is 3.30. The van der Waals surface area contributed by atoms with Crippen LogP contribution in [0.25, 0.3) is 10.2 Å². The van der Waals surface area contributed by atoms with E-state index in [1.54, 1.807) is 41.3 Å². The molecule has 1 aromatic heterocycles. The van der Waals surface area contributed by atoms with E-state index in [0.29, 0.717) is 33.4 Å². The smallest absolute Gasteiger partial charge is 0.260 e. The molecule has 4 rings (SSSR count). The van der Waals surface area contributed by atoms with E-state index in [9.17, 15) is 9.59 Å². The minimum absolute atomic E-state index is 0.0680. The third-order valence-corrected chi connectivity index (χ3v) is 7.32. The maximum Gasteiger partial charge on any atom is 0.260 e. The van der Waals surface area contributed by atoms with Gasteiger partial charge in [-0.1, -0.05) is 79.2 Å². The summed E-state index contributed by atoms with van der Waals surface area (Å²) >= 11 is 7.73. The van der Waals surface area contributed by atoms with Crippen LogP contribution in [0.1, 0.15) is 45.7 Å². The van der Waals surface area contributed by atoms with Crippen LogP contribution in [0.5, 0.6) is 0 Å². The van der Waals surface area contributed by atoms with Gasteiger partial charge >= 0.3 is 0 Å². The van der Waals surface area contributed by atoms with Crippen LogP contribution in [0.2, 0.25) is 5.02 Å².